The molecule has 2 amide bonds. The molecule has 1 saturated heterocycles. The number of thioether (sulfide) groups is 2. The zero-order valence-electron chi connectivity index (χ0n) is 17.3. The van der Waals surface area contributed by atoms with Crippen molar-refractivity contribution in [3.8, 4) is 0 Å². The zero-order valence-corrected chi connectivity index (χ0v) is 18.9. The van der Waals surface area contributed by atoms with Gasteiger partial charge in [-0.15, -0.1) is 38.4 Å². The van der Waals surface area contributed by atoms with Gasteiger partial charge in [0.05, 0.1) is 0 Å². The van der Waals surface area contributed by atoms with Crippen LogP contribution in [0.1, 0.15) is 11.7 Å². The topological polar surface area (TPSA) is 163 Å². The molecule has 0 saturated carbocycles. The molecule has 3 N–H and O–H groups in total. The summed E-state index contributed by atoms with van der Waals surface area (Å²) < 4.78 is 1.27. The number of aliphatic hydroxyl groups is 1. The lowest BCUT2D eigenvalue weighted by atomic mass is 10.0. The Kier molecular flexibility index (Phi) is 5.93. The molecule has 5 rings (SSSR count). The Balaban J connectivity index is 1.28. The van der Waals surface area contributed by atoms with Gasteiger partial charge in [0, 0.05) is 11.5 Å². The minimum absolute atomic E-state index is 0.0844. The highest BCUT2D eigenvalue weighted by Gasteiger charge is 2.54. The molecule has 2 aliphatic heterocycles. The van der Waals surface area contributed by atoms with Gasteiger partial charge in [-0.25, -0.2) is 4.79 Å². The molecule has 3 atom stereocenters. The van der Waals surface area contributed by atoms with E-state index in [-0.39, 0.29) is 5.70 Å². The number of aliphatic hydroxyl groups excluding tert-OH is 1. The first-order chi connectivity index (χ1) is 16.4. The Bertz CT molecular complexity index is 1310. The second kappa shape index (κ2) is 9.04. The maximum atomic E-state index is 12.8. The molecule has 4 heterocycles. The van der Waals surface area contributed by atoms with E-state index in [4.69, 9.17) is 0 Å². The summed E-state index contributed by atoms with van der Waals surface area (Å²) in [5, 5.41) is 38.0. The van der Waals surface area contributed by atoms with Gasteiger partial charge in [0.1, 0.15) is 22.1 Å². The summed E-state index contributed by atoms with van der Waals surface area (Å²) in [6, 6.07) is 10.9. The molecule has 2 aromatic heterocycles. The highest BCUT2D eigenvalue weighted by molar-refractivity contribution is 8.01. The predicted molar refractivity (Wildman–Crippen MR) is 120 cm³/mol. The van der Waals surface area contributed by atoms with Crippen LogP contribution in [0.2, 0.25) is 0 Å². The summed E-state index contributed by atoms with van der Waals surface area (Å²) in [6.07, 6.45) is -1.43. The van der Waals surface area contributed by atoms with Crippen molar-refractivity contribution in [2.45, 2.75) is 22.5 Å². The Labute approximate surface area is 200 Å². The first-order valence-corrected chi connectivity index (χ1v) is 12.1. The molecule has 1 fully saturated rings. The van der Waals surface area contributed by atoms with Crippen molar-refractivity contribution in [1.82, 2.24) is 35.5 Å². The van der Waals surface area contributed by atoms with E-state index in [0.29, 0.717) is 33.3 Å². The highest BCUT2D eigenvalue weighted by Crippen LogP contribution is 2.41. The summed E-state index contributed by atoms with van der Waals surface area (Å²) in [6.45, 7) is 0. The Morgan fingerprint density at radius 1 is 1.24 bits per heavy atom. The summed E-state index contributed by atoms with van der Waals surface area (Å²) in [4.78, 5) is 38.5. The van der Waals surface area contributed by atoms with E-state index in [0.717, 1.165) is 0 Å². The summed E-state index contributed by atoms with van der Waals surface area (Å²) in [5.41, 5.74) is 1.37. The number of carbonyl (C=O) groups is 3. The predicted octanol–water partition coefficient (Wildman–Crippen LogP) is 0.0836. The fraction of sp³-hybridized carbons (Fsp3) is 0.250. The smallest absolute Gasteiger partial charge is 0.352 e. The standard InChI is InChI=1S/C20H17N7O5S2/c28-16(10-4-2-1-3-5-10)17(29)21-14-18(30)26-15(20(31)32)11(9-34-19(14)26)8-33-13-7-6-12-22-24-25-27(12)23-13/h1-7,14,16,19,28H,8-9H2,(H,21,29)(H,31,32)/t14?,16?,19-/m1/s1. The van der Waals surface area contributed by atoms with Crippen molar-refractivity contribution in [2.75, 3.05) is 11.5 Å². The van der Waals surface area contributed by atoms with Crippen LogP contribution < -0.4 is 5.32 Å². The van der Waals surface area contributed by atoms with Crippen molar-refractivity contribution in [3.63, 3.8) is 0 Å². The van der Waals surface area contributed by atoms with E-state index in [1.54, 1.807) is 42.5 Å². The number of aliphatic carboxylic acids is 1. The second-order valence-corrected chi connectivity index (χ2v) is 9.55. The molecule has 0 spiro atoms. The number of benzene rings is 1. The number of carboxylic acid groups (broad SMARTS) is 1. The molecule has 2 aliphatic rings. The number of hydrogen-bond donors (Lipinski definition) is 3. The van der Waals surface area contributed by atoms with Gasteiger partial charge >= 0.3 is 5.97 Å². The molecule has 14 heteroatoms. The number of carbonyl (C=O) groups excluding carboxylic acids is 2. The van der Waals surface area contributed by atoms with Gasteiger partial charge in [0.15, 0.2) is 11.8 Å². The number of carboxylic acids is 1. The number of nitrogens with one attached hydrogen (secondary N) is 1. The van der Waals surface area contributed by atoms with Crippen molar-refractivity contribution in [1.29, 1.82) is 0 Å². The molecule has 34 heavy (non-hydrogen) atoms. The SMILES string of the molecule is O=C(O)C1=C(CSc2ccc3nnnn3n2)CS[C@@H]2C(NC(=O)C(O)c3ccccc3)C(=O)N12. The van der Waals surface area contributed by atoms with Crippen LogP contribution in [0, 0.1) is 0 Å². The van der Waals surface area contributed by atoms with Crippen LogP contribution in [-0.4, -0.2) is 81.1 Å². The fourth-order valence-electron chi connectivity index (χ4n) is 3.68. The van der Waals surface area contributed by atoms with Crippen LogP contribution in [0.25, 0.3) is 5.65 Å². The van der Waals surface area contributed by atoms with Gasteiger partial charge in [-0.2, -0.15) is 0 Å². The van der Waals surface area contributed by atoms with Crippen LogP contribution in [0.4, 0.5) is 0 Å². The number of aromatic nitrogens is 5. The monoisotopic (exact) mass is 499 g/mol. The van der Waals surface area contributed by atoms with E-state index in [2.05, 4.69) is 25.9 Å². The third-order valence-corrected chi connectivity index (χ3v) is 7.70. The Morgan fingerprint density at radius 3 is 2.79 bits per heavy atom. The average molecular weight is 500 g/mol. The number of fused-ring (bicyclic) bond motifs is 2. The van der Waals surface area contributed by atoms with Crippen LogP contribution in [0.3, 0.4) is 0 Å². The maximum Gasteiger partial charge on any atom is 0.352 e. The zero-order chi connectivity index (χ0) is 23.8. The van der Waals surface area contributed by atoms with Crippen molar-refractivity contribution < 1.29 is 24.6 Å². The number of tetrazole rings is 1. The minimum atomic E-state index is -1.43. The van der Waals surface area contributed by atoms with E-state index < -0.39 is 35.3 Å². The normalized spacial score (nSPS) is 20.6. The van der Waals surface area contributed by atoms with E-state index >= 15 is 0 Å². The van der Waals surface area contributed by atoms with Gasteiger partial charge in [0.25, 0.3) is 11.8 Å². The lowest BCUT2D eigenvalue weighted by Gasteiger charge is -2.49. The average Bonchev–Trinajstić information content (AvgIpc) is 3.33. The summed E-state index contributed by atoms with van der Waals surface area (Å²) in [5.74, 6) is -1.79. The van der Waals surface area contributed by atoms with Gasteiger partial charge in [-0.05, 0) is 33.7 Å². The third-order valence-electron chi connectivity index (χ3n) is 5.35. The van der Waals surface area contributed by atoms with Gasteiger partial charge in [0.2, 0.25) is 0 Å². The highest BCUT2D eigenvalue weighted by atomic mass is 32.2. The van der Waals surface area contributed by atoms with Gasteiger partial charge in [-0.3, -0.25) is 14.5 Å². The molecule has 0 bridgehead atoms. The lowest BCUT2D eigenvalue weighted by molar-refractivity contribution is -0.151. The van der Waals surface area contributed by atoms with E-state index in [9.17, 15) is 24.6 Å². The molecule has 0 aliphatic carbocycles. The lowest BCUT2D eigenvalue weighted by Crippen LogP contribution is -2.70. The van der Waals surface area contributed by atoms with E-state index in [1.807, 2.05) is 0 Å². The van der Waals surface area contributed by atoms with Crippen LogP contribution in [-0.2, 0) is 14.4 Å². The number of hydrogen-bond acceptors (Lipinski definition) is 10. The van der Waals surface area contributed by atoms with Crippen LogP contribution in [0.15, 0.2) is 58.8 Å². The largest absolute Gasteiger partial charge is 0.477 e. The van der Waals surface area contributed by atoms with E-state index in [1.165, 1.54) is 33.1 Å². The summed E-state index contributed by atoms with van der Waals surface area (Å²) in [7, 11) is 0. The molecular formula is C20H17N7O5S2. The van der Waals surface area contributed by atoms with Crippen LogP contribution in [0.5, 0.6) is 0 Å². The molecule has 2 unspecified atom stereocenters. The molecule has 3 aromatic rings. The molecular weight excluding hydrogens is 482 g/mol. The molecule has 174 valence electrons. The quantitative estimate of drug-likeness (QED) is 0.298. The minimum Gasteiger partial charge on any atom is -0.477 e. The fourth-order valence-corrected chi connectivity index (χ4v) is 6.02. The first kappa shape index (κ1) is 22.3. The van der Waals surface area contributed by atoms with Crippen molar-refractivity contribution in [2.24, 2.45) is 0 Å². The van der Waals surface area contributed by atoms with Gasteiger partial charge < -0.3 is 15.5 Å². The molecule has 1 aromatic carbocycles. The Hall–Kier alpha value is -3.49. The molecule has 0 radical (unpaired) electrons. The first-order valence-electron chi connectivity index (χ1n) is 10.1. The number of β-lactam (4-membered cyclic amide) rings is 1. The number of amides is 2. The maximum absolute atomic E-state index is 12.8. The van der Waals surface area contributed by atoms with Crippen LogP contribution >= 0.6 is 23.5 Å². The summed E-state index contributed by atoms with van der Waals surface area (Å²) >= 11 is 2.66. The van der Waals surface area contributed by atoms with Crippen molar-refractivity contribution in [3.05, 3.63) is 59.3 Å². The number of nitrogens with zero attached hydrogens (tertiary/aromatic N) is 6. The third kappa shape index (κ3) is 3.99. The number of rotatable bonds is 7. The van der Waals surface area contributed by atoms with Gasteiger partial charge in [-0.1, -0.05) is 30.3 Å². The Morgan fingerprint density at radius 2 is 2.03 bits per heavy atom. The second-order valence-electron chi connectivity index (χ2n) is 7.45. The van der Waals surface area contributed by atoms with Crippen molar-refractivity contribution >= 4 is 47.0 Å². The molecule has 12 nitrogen and oxygen atoms in total.